The van der Waals surface area contributed by atoms with Crippen molar-refractivity contribution in [2.75, 3.05) is 39.0 Å². The molecule has 28 heavy (non-hydrogen) atoms. The summed E-state index contributed by atoms with van der Waals surface area (Å²) in [6, 6.07) is 0. The van der Waals surface area contributed by atoms with Gasteiger partial charge in [-0.3, -0.25) is 18.9 Å². The van der Waals surface area contributed by atoms with E-state index in [1.807, 2.05) is 0 Å². The van der Waals surface area contributed by atoms with Crippen LogP contribution in [0.4, 0.5) is 13.2 Å². The molecule has 0 radical (unpaired) electrons. The van der Waals surface area contributed by atoms with Crippen LogP contribution < -0.4 is 0 Å². The first-order valence-electron chi connectivity index (χ1n) is 8.09. The number of rotatable bonds is 14. The van der Waals surface area contributed by atoms with Crippen molar-refractivity contribution >= 4 is 30.0 Å². The predicted molar refractivity (Wildman–Crippen MR) is 108 cm³/mol. The van der Waals surface area contributed by atoms with Gasteiger partial charge in [0.15, 0.2) is 0 Å². The molecule has 0 aliphatic rings. The van der Waals surface area contributed by atoms with Gasteiger partial charge in [0.05, 0.1) is 12.6 Å². The highest BCUT2D eigenvalue weighted by atomic mass is 32.4. The molecule has 6 nitrogen and oxygen atoms in total. The van der Waals surface area contributed by atoms with E-state index in [9.17, 15) is 22.8 Å². The highest BCUT2D eigenvalue weighted by Gasteiger charge is 2.45. The first kappa shape index (κ1) is 26.3. The molecule has 158 valence electrons. The van der Waals surface area contributed by atoms with E-state index in [2.05, 4.69) is 26.3 Å². The van der Waals surface area contributed by atoms with E-state index in [1.165, 1.54) is 24.3 Å². The van der Waals surface area contributed by atoms with E-state index in [0.29, 0.717) is 0 Å². The van der Waals surface area contributed by atoms with Crippen LogP contribution in [-0.2, 0) is 21.4 Å². The summed E-state index contributed by atoms with van der Waals surface area (Å²) >= 11 is 5.80. The molecule has 0 aromatic heterocycles. The van der Waals surface area contributed by atoms with Crippen LogP contribution in [0.3, 0.4) is 0 Å². The van der Waals surface area contributed by atoms with Crippen LogP contribution in [0, 0.1) is 0 Å². The Bertz CT molecular complexity index is 607. The summed E-state index contributed by atoms with van der Waals surface area (Å²) in [7, 11) is 0. The summed E-state index contributed by atoms with van der Waals surface area (Å²) < 4.78 is 42.4. The van der Waals surface area contributed by atoms with Crippen LogP contribution >= 0.6 is 6.34 Å². The molecule has 0 heterocycles. The van der Waals surface area contributed by atoms with Crippen molar-refractivity contribution in [1.82, 2.24) is 14.2 Å². The topological polar surface area (TPSA) is 64.1 Å². The number of hydrogen-bond acceptors (Lipinski definition) is 3. The minimum Gasteiger partial charge on any atom is -0.480 e. The molecule has 0 aliphatic carbocycles. The van der Waals surface area contributed by atoms with Gasteiger partial charge in [-0.1, -0.05) is 36.1 Å². The van der Waals surface area contributed by atoms with Gasteiger partial charge in [-0.05, 0) is 0 Å². The minimum atomic E-state index is -5.22. The van der Waals surface area contributed by atoms with Crippen LogP contribution in [-0.4, -0.2) is 76.4 Å². The molecule has 0 aliphatic heterocycles. The van der Waals surface area contributed by atoms with E-state index in [1.54, 1.807) is 9.34 Å². The number of carbonyl (C=O) groups excluding carboxylic acids is 1. The number of amides is 1. The third-order valence-corrected chi connectivity index (χ3v) is 8.32. The summed E-state index contributed by atoms with van der Waals surface area (Å²) in [5.41, 5.74) is 0. The number of carbonyl (C=O) groups is 2. The first-order chi connectivity index (χ1) is 13.0. The molecule has 11 heteroatoms. The summed E-state index contributed by atoms with van der Waals surface area (Å²) in [6.07, 6.45) is -2.79. The van der Waals surface area contributed by atoms with Gasteiger partial charge in [-0.25, -0.2) is 0 Å². The zero-order valence-corrected chi connectivity index (χ0v) is 17.2. The van der Waals surface area contributed by atoms with Crippen LogP contribution in [0.2, 0.25) is 0 Å². The van der Waals surface area contributed by atoms with Crippen molar-refractivity contribution in [3.05, 3.63) is 50.6 Å². The highest BCUT2D eigenvalue weighted by Crippen LogP contribution is 2.54. The molecule has 1 amide bonds. The molecular formula is C17H25F3N3O3PS. The molecule has 0 unspecified atom stereocenters. The average molecular weight is 439 g/mol. The highest BCUT2D eigenvalue weighted by molar-refractivity contribution is 8.12. The van der Waals surface area contributed by atoms with Crippen molar-refractivity contribution in [2.24, 2.45) is 0 Å². The Morgan fingerprint density at radius 2 is 1.29 bits per heavy atom. The Balaban J connectivity index is 6.32. The maximum Gasteiger partial charge on any atom is 0.471 e. The van der Waals surface area contributed by atoms with Gasteiger partial charge in [-0.2, -0.15) is 13.2 Å². The van der Waals surface area contributed by atoms with Crippen LogP contribution in [0.5, 0.6) is 0 Å². The Hall–Kier alpha value is -1.74. The molecule has 0 spiro atoms. The summed E-state index contributed by atoms with van der Waals surface area (Å²) in [4.78, 5) is 23.2. The molecule has 0 bridgehead atoms. The molecule has 0 saturated heterocycles. The zero-order chi connectivity index (χ0) is 22.0. The Morgan fingerprint density at radius 1 is 0.929 bits per heavy atom. The van der Waals surface area contributed by atoms with Gasteiger partial charge in [0.2, 0.25) is 0 Å². The molecule has 0 aromatic rings. The molecule has 0 rings (SSSR count). The number of nitrogens with zero attached hydrogens (tertiary/aromatic N) is 3. The van der Waals surface area contributed by atoms with Gasteiger partial charge < -0.3 is 10.0 Å². The van der Waals surface area contributed by atoms with Crippen LogP contribution in [0.25, 0.3) is 0 Å². The third-order valence-electron chi connectivity index (χ3n) is 3.45. The average Bonchev–Trinajstić information content (AvgIpc) is 2.58. The number of carboxylic acids is 1. The quantitative estimate of drug-likeness (QED) is 0.332. The molecule has 0 saturated carbocycles. The lowest BCUT2D eigenvalue weighted by Gasteiger charge is -2.43. The fourth-order valence-corrected chi connectivity index (χ4v) is 6.45. The monoisotopic (exact) mass is 439 g/mol. The fraction of sp³-hybridized carbons (Fsp3) is 0.412. The lowest BCUT2D eigenvalue weighted by Crippen LogP contribution is -2.47. The molecular weight excluding hydrogens is 414 g/mol. The predicted octanol–water partition coefficient (Wildman–Crippen LogP) is 3.08. The zero-order valence-electron chi connectivity index (χ0n) is 15.5. The maximum atomic E-state index is 13.0. The van der Waals surface area contributed by atoms with Crippen molar-refractivity contribution in [3.8, 4) is 0 Å². The molecule has 0 atom stereocenters. The van der Waals surface area contributed by atoms with Crippen LogP contribution in [0.1, 0.15) is 0 Å². The molecule has 1 N–H and O–H groups in total. The normalized spacial score (nSPS) is 11.9. The Labute approximate surface area is 168 Å². The van der Waals surface area contributed by atoms with Crippen molar-refractivity contribution in [1.29, 1.82) is 0 Å². The lowest BCUT2D eigenvalue weighted by atomic mass is 10.5. The summed E-state index contributed by atoms with van der Waals surface area (Å²) in [5, 5.41) is 9.01. The minimum absolute atomic E-state index is 0.217. The second kappa shape index (κ2) is 12.0. The van der Waals surface area contributed by atoms with Gasteiger partial charge >= 0.3 is 18.1 Å². The van der Waals surface area contributed by atoms with Crippen molar-refractivity contribution in [2.45, 2.75) is 6.18 Å². The first-order valence-corrected chi connectivity index (χ1v) is 11.0. The second-order valence-corrected chi connectivity index (χ2v) is 10.1. The third kappa shape index (κ3) is 7.71. The summed E-state index contributed by atoms with van der Waals surface area (Å²) in [6.45, 7) is 14.3. The van der Waals surface area contributed by atoms with Gasteiger partial charge in [0.1, 0.15) is 6.54 Å². The van der Waals surface area contributed by atoms with Crippen LogP contribution in [0.15, 0.2) is 50.6 Å². The van der Waals surface area contributed by atoms with Crippen molar-refractivity contribution < 1.29 is 27.9 Å². The number of alkyl halides is 3. The van der Waals surface area contributed by atoms with Gasteiger partial charge in [0.25, 0.3) is 0 Å². The van der Waals surface area contributed by atoms with Gasteiger partial charge in [0, 0.05) is 26.2 Å². The second-order valence-electron chi connectivity index (χ2n) is 5.60. The maximum absolute atomic E-state index is 13.0. The lowest BCUT2D eigenvalue weighted by molar-refractivity contribution is -0.185. The SMILES string of the molecule is C=CCN(CC=C)P(=S)(CN(CC(=O)O)C(=O)C(F)(F)F)N(CC=C)CC=C. The molecule has 0 fully saturated rings. The van der Waals surface area contributed by atoms with E-state index >= 15 is 0 Å². The van der Waals surface area contributed by atoms with E-state index < -0.39 is 37.2 Å². The molecule has 0 aromatic carbocycles. The largest absolute Gasteiger partial charge is 0.480 e. The summed E-state index contributed by atoms with van der Waals surface area (Å²) in [5.74, 6) is -3.82. The number of halogens is 3. The van der Waals surface area contributed by atoms with E-state index in [0.717, 1.165) is 0 Å². The van der Waals surface area contributed by atoms with Crippen molar-refractivity contribution in [3.63, 3.8) is 0 Å². The fourth-order valence-electron chi connectivity index (χ4n) is 2.36. The number of aliphatic carboxylic acids is 1. The van der Waals surface area contributed by atoms with E-state index in [-0.39, 0.29) is 31.1 Å². The standard InChI is InChI=1S/C17H25F3N3O3PS/c1-5-9-22(10-6-2)27(28,23(11-7-3)12-8-4)14-21(13-15(24)25)16(26)17(18,19)20/h5-8H,1-4,9-14H2,(H,24,25). The smallest absolute Gasteiger partial charge is 0.471 e. The Morgan fingerprint density at radius 3 is 1.54 bits per heavy atom. The number of hydrogen-bond donors (Lipinski definition) is 1. The van der Waals surface area contributed by atoms with E-state index in [4.69, 9.17) is 16.9 Å². The number of carboxylic acid groups (broad SMARTS) is 1. The Kier molecular flexibility index (Phi) is 11.2. The van der Waals surface area contributed by atoms with Gasteiger partial charge in [-0.15, -0.1) is 26.3 Å².